The first-order valence-corrected chi connectivity index (χ1v) is 5.54. The van der Waals surface area contributed by atoms with E-state index in [0.717, 1.165) is 18.1 Å². The van der Waals surface area contributed by atoms with Crippen molar-refractivity contribution in [3.63, 3.8) is 0 Å². The summed E-state index contributed by atoms with van der Waals surface area (Å²) >= 11 is 1.31. The summed E-state index contributed by atoms with van der Waals surface area (Å²) in [5.74, 6) is 0.887. The third-order valence-corrected chi connectivity index (χ3v) is 2.68. The fraction of sp³-hybridized carbons (Fsp3) is 0.500. The van der Waals surface area contributed by atoms with Gasteiger partial charge in [-0.1, -0.05) is 4.49 Å². The lowest BCUT2D eigenvalue weighted by Crippen LogP contribution is -2.17. The van der Waals surface area contributed by atoms with E-state index in [1.54, 1.807) is 6.33 Å². The van der Waals surface area contributed by atoms with Gasteiger partial charge in [-0.15, -0.1) is 5.10 Å². The Hall–Kier alpha value is -1.34. The first kappa shape index (κ1) is 10.2. The zero-order valence-corrected chi connectivity index (χ0v) is 9.18. The smallest absolute Gasteiger partial charge is 0.138 e. The van der Waals surface area contributed by atoms with Crippen molar-refractivity contribution in [1.29, 1.82) is 0 Å². The lowest BCUT2D eigenvalue weighted by Gasteiger charge is -2.07. The highest BCUT2D eigenvalue weighted by molar-refractivity contribution is 7.03. The third-order valence-electron chi connectivity index (χ3n) is 2.15. The molecule has 6 nitrogen and oxygen atoms in total. The van der Waals surface area contributed by atoms with Gasteiger partial charge in [0.15, 0.2) is 0 Å². The number of nitrogens with two attached hydrogens (primary N) is 1. The lowest BCUT2D eigenvalue weighted by atomic mass is 10.1. The Bertz CT molecular complexity index is 408. The molecule has 0 fully saturated rings. The standard InChI is InChI=1S/C8H12N6S/c1-2-14-8(10-5-11-14)3-6(9)7-4-15-13-12-7/h4-6H,2-3,9H2,1H3. The van der Waals surface area contributed by atoms with Crippen molar-refractivity contribution >= 4 is 11.5 Å². The van der Waals surface area contributed by atoms with E-state index in [9.17, 15) is 0 Å². The lowest BCUT2D eigenvalue weighted by molar-refractivity contribution is 0.575. The summed E-state index contributed by atoms with van der Waals surface area (Å²) < 4.78 is 5.62. The average Bonchev–Trinajstić information content (AvgIpc) is 2.87. The Morgan fingerprint density at radius 2 is 2.47 bits per heavy atom. The maximum Gasteiger partial charge on any atom is 0.138 e. The monoisotopic (exact) mass is 224 g/mol. The number of aryl methyl sites for hydroxylation is 1. The minimum Gasteiger partial charge on any atom is -0.322 e. The predicted molar refractivity (Wildman–Crippen MR) is 56.2 cm³/mol. The van der Waals surface area contributed by atoms with E-state index < -0.39 is 0 Å². The van der Waals surface area contributed by atoms with Crippen LogP contribution in [0.2, 0.25) is 0 Å². The summed E-state index contributed by atoms with van der Waals surface area (Å²) in [5, 5.41) is 9.88. The molecule has 15 heavy (non-hydrogen) atoms. The molecule has 80 valence electrons. The van der Waals surface area contributed by atoms with Gasteiger partial charge in [0, 0.05) is 18.3 Å². The average molecular weight is 224 g/mol. The second kappa shape index (κ2) is 4.45. The summed E-state index contributed by atoms with van der Waals surface area (Å²) in [7, 11) is 0. The van der Waals surface area contributed by atoms with Gasteiger partial charge in [-0.3, -0.25) is 4.68 Å². The van der Waals surface area contributed by atoms with Crippen LogP contribution in [0.5, 0.6) is 0 Å². The fourth-order valence-electron chi connectivity index (χ4n) is 1.35. The quantitative estimate of drug-likeness (QED) is 0.812. The molecule has 0 saturated carbocycles. The topological polar surface area (TPSA) is 82.5 Å². The summed E-state index contributed by atoms with van der Waals surface area (Å²) in [5.41, 5.74) is 6.79. The van der Waals surface area contributed by atoms with Crippen molar-refractivity contribution in [3.8, 4) is 0 Å². The number of hydrogen-bond acceptors (Lipinski definition) is 6. The summed E-state index contributed by atoms with van der Waals surface area (Å²) in [6.45, 7) is 2.82. The molecule has 0 aliphatic heterocycles. The van der Waals surface area contributed by atoms with Crippen LogP contribution in [0.25, 0.3) is 0 Å². The molecule has 0 aliphatic rings. The Morgan fingerprint density at radius 1 is 1.60 bits per heavy atom. The normalized spacial score (nSPS) is 12.9. The van der Waals surface area contributed by atoms with E-state index in [0.29, 0.717) is 6.42 Å². The molecule has 7 heteroatoms. The van der Waals surface area contributed by atoms with Gasteiger partial charge >= 0.3 is 0 Å². The van der Waals surface area contributed by atoms with Gasteiger partial charge in [0.2, 0.25) is 0 Å². The Kier molecular flexibility index (Phi) is 3.02. The summed E-state index contributed by atoms with van der Waals surface area (Å²) in [6.07, 6.45) is 2.18. The number of nitrogens with zero attached hydrogens (tertiary/aromatic N) is 5. The van der Waals surface area contributed by atoms with E-state index in [1.165, 1.54) is 11.5 Å². The van der Waals surface area contributed by atoms with E-state index in [1.807, 2.05) is 17.0 Å². The zero-order chi connectivity index (χ0) is 10.7. The van der Waals surface area contributed by atoms with E-state index in [-0.39, 0.29) is 6.04 Å². The second-order valence-corrected chi connectivity index (χ2v) is 3.74. The Labute approximate surface area is 91.3 Å². The highest BCUT2D eigenvalue weighted by Gasteiger charge is 2.13. The van der Waals surface area contributed by atoms with Crippen molar-refractivity contribution in [2.45, 2.75) is 25.9 Å². The van der Waals surface area contributed by atoms with Crippen LogP contribution >= 0.6 is 11.5 Å². The summed E-state index contributed by atoms with van der Waals surface area (Å²) in [4.78, 5) is 4.16. The van der Waals surface area contributed by atoms with Crippen LogP contribution in [0.3, 0.4) is 0 Å². The number of rotatable bonds is 4. The summed E-state index contributed by atoms with van der Waals surface area (Å²) in [6, 6.07) is -0.154. The molecule has 1 unspecified atom stereocenters. The van der Waals surface area contributed by atoms with E-state index in [4.69, 9.17) is 5.73 Å². The fourth-order valence-corrected chi connectivity index (χ4v) is 1.86. The molecule has 0 aromatic carbocycles. The van der Waals surface area contributed by atoms with Crippen molar-refractivity contribution in [1.82, 2.24) is 24.4 Å². The maximum absolute atomic E-state index is 5.98. The molecule has 0 saturated heterocycles. The van der Waals surface area contributed by atoms with Crippen LogP contribution in [0.15, 0.2) is 11.7 Å². The van der Waals surface area contributed by atoms with Crippen LogP contribution < -0.4 is 5.73 Å². The van der Waals surface area contributed by atoms with Crippen LogP contribution in [0.1, 0.15) is 24.5 Å². The van der Waals surface area contributed by atoms with E-state index in [2.05, 4.69) is 19.7 Å². The van der Waals surface area contributed by atoms with Gasteiger partial charge < -0.3 is 5.73 Å². The molecular weight excluding hydrogens is 212 g/mol. The molecule has 0 amide bonds. The highest BCUT2D eigenvalue weighted by Crippen LogP contribution is 2.12. The molecule has 1 atom stereocenters. The van der Waals surface area contributed by atoms with Crippen LogP contribution in [-0.2, 0) is 13.0 Å². The molecule has 0 aliphatic carbocycles. The largest absolute Gasteiger partial charge is 0.322 e. The molecule has 0 spiro atoms. The second-order valence-electron chi connectivity index (χ2n) is 3.13. The van der Waals surface area contributed by atoms with Gasteiger partial charge in [-0.05, 0) is 18.5 Å². The SMILES string of the molecule is CCn1ncnc1CC(N)c1csnn1. The molecule has 2 heterocycles. The van der Waals surface area contributed by atoms with Crippen molar-refractivity contribution in [3.05, 3.63) is 23.2 Å². The first-order chi connectivity index (χ1) is 7.31. The number of aromatic nitrogens is 5. The highest BCUT2D eigenvalue weighted by atomic mass is 32.1. The first-order valence-electron chi connectivity index (χ1n) is 4.70. The van der Waals surface area contributed by atoms with Gasteiger partial charge in [0.25, 0.3) is 0 Å². The minimum absolute atomic E-state index is 0.154. The van der Waals surface area contributed by atoms with Crippen LogP contribution in [0, 0.1) is 0 Å². The Balaban J connectivity index is 2.09. The molecular formula is C8H12N6S. The molecule has 0 radical (unpaired) electrons. The molecule has 0 bridgehead atoms. The zero-order valence-electron chi connectivity index (χ0n) is 8.37. The van der Waals surface area contributed by atoms with Crippen molar-refractivity contribution in [2.24, 2.45) is 5.73 Å². The van der Waals surface area contributed by atoms with Gasteiger partial charge in [0.1, 0.15) is 12.2 Å². The molecule has 2 aromatic rings. The third kappa shape index (κ3) is 2.18. The van der Waals surface area contributed by atoms with E-state index >= 15 is 0 Å². The van der Waals surface area contributed by atoms with Crippen molar-refractivity contribution < 1.29 is 0 Å². The van der Waals surface area contributed by atoms with Crippen LogP contribution in [-0.4, -0.2) is 24.4 Å². The maximum atomic E-state index is 5.98. The molecule has 2 rings (SSSR count). The predicted octanol–water partition coefficient (Wildman–Crippen LogP) is 0.392. The van der Waals surface area contributed by atoms with Crippen LogP contribution in [0.4, 0.5) is 0 Å². The van der Waals surface area contributed by atoms with Gasteiger partial charge in [-0.25, -0.2) is 4.98 Å². The minimum atomic E-state index is -0.154. The molecule has 2 N–H and O–H groups in total. The van der Waals surface area contributed by atoms with Crippen molar-refractivity contribution in [2.75, 3.05) is 0 Å². The Morgan fingerprint density at radius 3 is 3.13 bits per heavy atom. The van der Waals surface area contributed by atoms with Gasteiger partial charge in [0.05, 0.1) is 11.7 Å². The molecule has 2 aromatic heterocycles. The number of hydrogen-bond donors (Lipinski definition) is 1. The van der Waals surface area contributed by atoms with Gasteiger partial charge in [-0.2, -0.15) is 5.10 Å².